The Morgan fingerprint density at radius 1 is 1.30 bits per heavy atom. The summed E-state index contributed by atoms with van der Waals surface area (Å²) in [5.74, 6) is 0.0182. The Labute approximate surface area is 139 Å². The van der Waals surface area contributed by atoms with E-state index in [-0.39, 0.29) is 16.8 Å². The van der Waals surface area contributed by atoms with Gasteiger partial charge in [0.15, 0.2) is 0 Å². The lowest BCUT2D eigenvalue weighted by Gasteiger charge is -2.38. The molecule has 1 aromatic carbocycles. The molecule has 130 valence electrons. The van der Waals surface area contributed by atoms with Crippen molar-refractivity contribution >= 4 is 11.6 Å². The maximum atomic E-state index is 12.4. The second-order valence-electron chi connectivity index (χ2n) is 5.85. The third kappa shape index (κ3) is 4.99. The first-order valence-corrected chi connectivity index (χ1v) is 8.19. The van der Waals surface area contributed by atoms with Crippen LogP contribution in [0.3, 0.4) is 0 Å². The SMILES string of the molecule is CCC(C)[C@H](c1ccc(OC(F)(F)F)c(Cl)c1)N1CCNCC1. The van der Waals surface area contributed by atoms with Crippen LogP contribution in [0.2, 0.25) is 5.02 Å². The zero-order valence-corrected chi connectivity index (χ0v) is 14.0. The number of hydrogen-bond acceptors (Lipinski definition) is 3. The molecule has 0 spiro atoms. The number of rotatable bonds is 5. The number of piperazine rings is 1. The van der Waals surface area contributed by atoms with Crippen LogP contribution in [-0.4, -0.2) is 37.4 Å². The smallest absolute Gasteiger partial charge is 0.404 e. The highest BCUT2D eigenvalue weighted by molar-refractivity contribution is 6.32. The van der Waals surface area contributed by atoms with Gasteiger partial charge in [0.05, 0.1) is 5.02 Å². The van der Waals surface area contributed by atoms with Gasteiger partial charge < -0.3 is 10.1 Å². The minimum absolute atomic E-state index is 0.0109. The van der Waals surface area contributed by atoms with Gasteiger partial charge >= 0.3 is 6.36 Å². The Hall–Kier alpha value is -0.980. The third-order valence-electron chi connectivity index (χ3n) is 4.25. The van der Waals surface area contributed by atoms with Crippen molar-refractivity contribution in [2.24, 2.45) is 5.92 Å². The Balaban J connectivity index is 2.26. The fraction of sp³-hybridized carbons (Fsp3) is 0.625. The quantitative estimate of drug-likeness (QED) is 0.860. The Morgan fingerprint density at radius 3 is 2.48 bits per heavy atom. The minimum Gasteiger partial charge on any atom is -0.404 e. The van der Waals surface area contributed by atoms with Gasteiger partial charge in [-0.1, -0.05) is 37.9 Å². The van der Waals surface area contributed by atoms with Gasteiger partial charge in [-0.2, -0.15) is 0 Å². The van der Waals surface area contributed by atoms with E-state index in [1.165, 1.54) is 6.07 Å². The van der Waals surface area contributed by atoms with Crippen molar-refractivity contribution in [1.82, 2.24) is 10.2 Å². The topological polar surface area (TPSA) is 24.5 Å². The van der Waals surface area contributed by atoms with E-state index in [9.17, 15) is 13.2 Å². The second-order valence-corrected chi connectivity index (χ2v) is 6.26. The second kappa shape index (κ2) is 7.73. The van der Waals surface area contributed by atoms with Gasteiger partial charge in [-0.05, 0) is 23.6 Å². The Morgan fingerprint density at radius 2 is 1.96 bits per heavy atom. The van der Waals surface area contributed by atoms with Crippen LogP contribution in [0.1, 0.15) is 31.9 Å². The van der Waals surface area contributed by atoms with Crippen molar-refractivity contribution in [3.63, 3.8) is 0 Å². The maximum absolute atomic E-state index is 12.4. The number of ether oxygens (including phenoxy) is 1. The van der Waals surface area contributed by atoms with E-state index in [0.717, 1.165) is 38.2 Å². The largest absolute Gasteiger partial charge is 0.573 e. The molecular formula is C16H22ClF3N2O. The standard InChI is InChI=1S/C16H22ClF3N2O/c1-3-11(2)15(22-8-6-21-7-9-22)12-4-5-14(13(17)10-12)23-16(18,19)20/h4-5,10-11,15,21H,3,6-9H2,1-2H3/t11?,15-/m1/s1. The highest BCUT2D eigenvalue weighted by atomic mass is 35.5. The molecule has 1 fully saturated rings. The van der Waals surface area contributed by atoms with Crippen molar-refractivity contribution < 1.29 is 17.9 Å². The van der Waals surface area contributed by atoms with Gasteiger partial charge in [-0.15, -0.1) is 13.2 Å². The number of halogens is 4. The normalized spacial score (nSPS) is 19.4. The van der Waals surface area contributed by atoms with E-state index < -0.39 is 6.36 Å². The van der Waals surface area contributed by atoms with Gasteiger partial charge in [0.1, 0.15) is 5.75 Å². The molecule has 1 aromatic rings. The van der Waals surface area contributed by atoms with E-state index in [1.807, 2.05) is 0 Å². The molecule has 0 radical (unpaired) electrons. The first-order valence-electron chi connectivity index (χ1n) is 7.81. The number of alkyl halides is 3. The van der Waals surface area contributed by atoms with E-state index in [4.69, 9.17) is 11.6 Å². The summed E-state index contributed by atoms with van der Waals surface area (Å²) < 4.78 is 41.0. The molecule has 1 unspecified atom stereocenters. The monoisotopic (exact) mass is 350 g/mol. The summed E-state index contributed by atoms with van der Waals surface area (Å²) in [6.45, 7) is 7.91. The molecule has 1 N–H and O–H groups in total. The van der Waals surface area contributed by atoms with E-state index in [2.05, 4.69) is 28.8 Å². The van der Waals surface area contributed by atoms with Crippen LogP contribution in [0.5, 0.6) is 5.75 Å². The molecule has 0 aliphatic carbocycles. The van der Waals surface area contributed by atoms with Crippen LogP contribution in [0.15, 0.2) is 18.2 Å². The molecule has 2 rings (SSSR count). The van der Waals surface area contributed by atoms with E-state index in [1.54, 1.807) is 12.1 Å². The summed E-state index contributed by atoms with van der Waals surface area (Å²) in [4.78, 5) is 2.36. The summed E-state index contributed by atoms with van der Waals surface area (Å²) in [5.41, 5.74) is 0.931. The summed E-state index contributed by atoms with van der Waals surface area (Å²) in [5, 5.41) is 3.30. The van der Waals surface area contributed by atoms with Crippen LogP contribution in [0.25, 0.3) is 0 Å². The van der Waals surface area contributed by atoms with Gasteiger partial charge in [0, 0.05) is 32.2 Å². The predicted molar refractivity (Wildman–Crippen MR) is 84.8 cm³/mol. The minimum atomic E-state index is -4.74. The van der Waals surface area contributed by atoms with Crippen molar-refractivity contribution in [3.05, 3.63) is 28.8 Å². The van der Waals surface area contributed by atoms with Crippen LogP contribution in [0.4, 0.5) is 13.2 Å². The van der Waals surface area contributed by atoms with Crippen LogP contribution < -0.4 is 10.1 Å². The summed E-state index contributed by atoms with van der Waals surface area (Å²) in [6.07, 6.45) is -3.76. The van der Waals surface area contributed by atoms with Crippen LogP contribution in [0, 0.1) is 5.92 Å². The Kier molecular flexibility index (Phi) is 6.17. The molecular weight excluding hydrogens is 329 g/mol. The van der Waals surface area contributed by atoms with Gasteiger partial charge in [-0.3, -0.25) is 4.90 Å². The average Bonchev–Trinajstić information content (AvgIpc) is 2.50. The zero-order chi connectivity index (χ0) is 17.0. The Bertz CT molecular complexity index is 519. The fourth-order valence-electron chi connectivity index (χ4n) is 2.99. The van der Waals surface area contributed by atoms with Gasteiger partial charge in [0.25, 0.3) is 0 Å². The number of benzene rings is 1. The third-order valence-corrected chi connectivity index (χ3v) is 4.55. The molecule has 2 atom stereocenters. The first-order chi connectivity index (χ1) is 10.8. The van der Waals surface area contributed by atoms with Crippen molar-refractivity contribution in [2.45, 2.75) is 32.7 Å². The number of nitrogens with zero attached hydrogens (tertiary/aromatic N) is 1. The summed E-state index contributed by atoms with van der Waals surface area (Å²) in [7, 11) is 0. The number of hydrogen-bond donors (Lipinski definition) is 1. The lowest BCUT2D eigenvalue weighted by Crippen LogP contribution is -2.46. The number of nitrogens with one attached hydrogen (secondary N) is 1. The van der Waals surface area contributed by atoms with Crippen LogP contribution >= 0.6 is 11.6 Å². The van der Waals surface area contributed by atoms with Crippen molar-refractivity contribution in [1.29, 1.82) is 0 Å². The first kappa shape index (κ1) is 18.4. The maximum Gasteiger partial charge on any atom is 0.573 e. The highest BCUT2D eigenvalue weighted by Gasteiger charge is 2.33. The highest BCUT2D eigenvalue weighted by Crippen LogP contribution is 2.36. The van der Waals surface area contributed by atoms with E-state index >= 15 is 0 Å². The van der Waals surface area contributed by atoms with Crippen LogP contribution in [-0.2, 0) is 0 Å². The molecule has 23 heavy (non-hydrogen) atoms. The summed E-state index contributed by atoms with van der Waals surface area (Å²) >= 11 is 6.01. The van der Waals surface area contributed by atoms with Crippen molar-refractivity contribution in [2.75, 3.05) is 26.2 Å². The molecule has 7 heteroatoms. The van der Waals surface area contributed by atoms with Gasteiger partial charge in [-0.25, -0.2) is 0 Å². The summed E-state index contributed by atoms with van der Waals surface area (Å²) in [6, 6.07) is 4.73. The zero-order valence-electron chi connectivity index (χ0n) is 13.3. The molecule has 0 saturated carbocycles. The van der Waals surface area contributed by atoms with E-state index in [0.29, 0.717) is 5.92 Å². The fourth-order valence-corrected chi connectivity index (χ4v) is 3.22. The molecule has 1 aliphatic rings. The lowest BCUT2D eigenvalue weighted by atomic mass is 9.90. The van der Waals surface area contributed by atoms with Crippen molar-refractivity contribution in [3.8, 4) is 5.75 Å². The molecule has 3 nitrogen and oxygen atoms in total. The molecule has 1 saturated heterocycles. The average molecular weight is 351 g/mol. The molecule has 1 heterocycles. The molecule has 0 bridgehead atoms. The lowest BCUT2D eigenvalue weighted by molar-refractivity contribution is -0.274. The predicted octanol–water partition coefficient (Wildman–Crippen LogP) is 4.23. The molecule has 0 amide bonds. The van der Waals surface area contributed by atoms with Gasteiger partial charge in [0.2, 0.25) is 0 Å². The molecule has 1 aliphatic heterocycles. The molecule has 0 aromatic heterocycles.